The third kappa shape index (κ3) is 0.930. The first-order valence-corrected chi connectivity index (χ1v) is 4.34. The number of rotatable bonds is 4. The Morgan fingerprint density at radius 1 is 1.85 bits per heavy atom. The van der Waals surface area contributed by atoms with Crippen molar-refractivity contribution in [1.29, 1.82) is 0 Å². The molecular formula is C10H12O3. The molecule has 0 aromatic carbocycles. The van der Waals surface area contributed by atoms with E-state index in [1.54, 1.807) is 7.11 Å². The van der Waals surface area contributed by atoms with Crippen molar-refractivity contribution >= 4 is 5.97 Å². The smallest absolute Gasteiger partial charge is 0.322 e. The zero-order chi connectivity index (χ0) is 9.47. The van der Waals surface area contributed by atoms with Crippen molar-refractivity contribution in [3.63, 3.8) is 0 Å². The summed E-state index contributed by atoms with van der Waals surface area (Å²) in [6.45, 7) is 3.64. The zero-order valence-corrected chi connectivity index (χ0v) is 7.58. The predicted octanol–water partition coefficient (Wildman–Crippen LogP) is 1.41. The molecule has 2 unspecified atom stereocenters. The third-order valence-electron chi connectivity index (χ3n) is 2.66. The first-order chi connectivity index (χ1) is 6.23. The minimum Gasteiger partial charge on any atom is -0.500 e. The molecule has 0 aromatic rings. The standard InChI is InChI=1S/C10H12O3/c1-3-4-5-10-6-7(12-2)8(10)9(11)13-10/h3,6,8H,1,4-5H2,2H3. The Labute approximate surface area is 77.0 Å². The number of carbonyl (C=O) groups excluding carboxylic acids is 1. The highest BCUT2D eigenvalue weighted by molar-refractivity contribution is 5.87. The van der Waals surface area contributed by atoms with Gasteiger partial charge in [0, 0.05) is 0 Å². The van der Waals surface area contributed by atoms with E-state index in [0.29, 0.717) is 0 Å². The molecule has 1 fully saturated rings. The quantitative estimate of drug-likeness (QED) is 0.484. The second-order valence-corrected chi connectivity index (χ2v) is 3.39. The Morgan fingerprint density at radius 3 is 3.15 bits per heavy atom. The van der Waals surface area contributed by atoms with Crippen LogP contribution in [-0.2, 0) is 14.3 Å². The molecule has 2 rings (SSSR count). The largest absolute Gasteiger partial charge is 0.500 e. The maximum Gasteiger partial charge on any atom is 0.322 e. The molecule has 2 atom stereocenters. The number of fused-ring (bicyclic) bond motifs is 1. The van der Waals surface area contributed by atoms with Crippen LogP contribution in [0.3, 0.4) is 0 Å². The van der Waals surface area contributed by atoms with Crippen LogP contribution >= 0.6 is 0 Å². The van der Waals surface area contributed by atoms with Crippen LogP contribution in [-0.4, -0.2) is 18.7 Å². The maximum atomic E-state index is 11.1. The topological polar surface area (TPSA) is 35.5 Å². The van der Waals surface area contributed by atoms with E-state index in [1.165, 1.54) is 0 Å². The van der Waals surface area contributed by atoms with Gasteiger partial charge in [0.05, 0.1) is 7.11 Å². The number of hydrogen-bond acceptors (Lipinski definition) is 3. The highest BCUT2D eigenvalue weighted by Gasteiger charge is 2.64. The number of hydrogen-bond donors (Lipinski definition) is 0. The molecule has 1 heterocycles. The molecule has 0 radical (unpaired) electrons. The van der Waals surface area contributed by atoms with Gasteiger partial charge in [0.1, 0.15) is 5.76 Å². The van der Waals surface area contributed by atoms with Gasteiger partial charge in [0.2, 0.25) is 0 Å². The number of esters is 1. The minimum absolute atomic E-state index is 0.141. The van der Waals surface area contributed by atoms with Crippen LogP contribution in [0.25, 0.3) is 0 Å². The van der Waals surface area contributed by atoms with Crippen LogP contribution < -0.4 is 0 Å². The monoisotopic (exact) mass is 180 g/mol. The molecular weight excluding hydrogens is 168 g/mol. The van der Waals surface area contributed by atoms with E-state index in [0.717, 1.165) is 18.6 Å². The van der Waals surface area contributed by atoms with Gasteiger partial charge in [0.15, 0.2) is 11.5 Å². The second kappa shape index (κ2) is 2.62. The minimum atomic E-state index is -0.351. The summed E-state index contributed by atoms with van der Waals surface area (Å²) in [6, 6.07) is 0. The van der Waals surface area contributed by atoms with Gasteiger partial charge in [-0.05, 0) is 18.9 Å². The summed E-state index contributed by atoms with van der Waals surface area (Å²) in [4.78, 5) is 11.1. The maximum absolute atomic E-state index is 11.1. The molecule has 1 saturated heterocycles. The number of ether oxygens (including phenoxy) is 2. The lowest BCUT2D eigenvalue weighted by Gasteiger charge is -2.52. The Balaban J connectivity index is 2.07. The van der Waals surface area contributed by atoms with Gasteiger partial charge < -0.3 is 9.47 Å². The average molecular weight is 180 g/mol. The van der Waals surface area contributed by atoms with E-state index >= 15 is 0 Å². The summed E-state index contributed by atoms with van der Waals surface area (Å²) < 4.78 is 10.1. The second-order valence-electron chi connectivity index (χ2n) is 3.39. The van der Waals surface area contributed by atoms with Gasteiger partial charge in [-0.2, -0.15) is 0 Å². The zero-order valence-electron chi connectivity index (χ0n) is 7.58. The molecule has 13 heavy (non-hydrogen) atoms. The summed E-state index contributed by atoms with van der Waals surface area (Å²) in [5, 5.41) is 0. The lowest BCUT2D eigenvalue weighted by Crippen LogP contribution is -2.63. The van der Waals surface area contributed by atoms with Crippen LogP contribution in [0.15, 0.2) is 24.5 Å². The molecule has 1 aliphatic heterocycles. The Morgan fingerprint density at radius 2 is 2.62 bits per heavy atom. The first-order valence-electron chi connectivity index (χ1n) is 4.34. The Kier molecular flexibility index (Phi) is 1.68. The summed E-state index contributed by atoms with van der Waals surface area (Å²) in [6.07, 6.45) is 5.40. The van der Waals surface area contributed by atoms with E-state index < -0.39 is 0 Å². The first kappa shape index (κ1) is 8.35. The van der Waals surface area contributed by atoms with Crippen molar-refractivity contribution in [2.24, 2.45) is 5.92 Å². The van der Waals surface area contributed by atoms with Crippen molar-refractivity contribution in [1.82, 2.24) is 0 Å². The fourth-order valence-corrected chi connectivity index (χ4v) is 1.92. The highest BCUT2D eigenvalue weighted by atomic mass is 16.6. The predicted molar refractivity (Wildman–Crippen MR) is 46.8 cm³/mol. The summed E-state index contributed by atoms with van der Waals surface area (Å²) in [7, 11) is 1.58. The Bertz CT molecular complexity index is 293. The summed E-state index contributed by atoms with van der Waals surface area (Å²) in [5.41, 5.74) is -0.351. The van der Waals surface area contributed by atoms with Crippen molar-refractivity contribution in [2.45, 2.75) is 18.4 Å². The molecule has 1 aliphatic carbocycles. The van der Waals surface area contributed by atoms with Gasteiger partial charge in [-0.1, -0.05) is 6.08 Å². The van der Waals surface area contributed by atoms with E-state index in [4.69, 9.17) is 9.47 Å². The molecule has 3 heteroatoms. The fraction of sp³-hybridized carbons (Fsp3) is 0.500. The van der Waals surface area contributed by atoms with Crippen molar-refractivity contribution in [3.8, 4) is 0 Å². The van der Waals surface area contributed by atoms with Crippen LogP contribution in [0.5, 0.6) is 0 Å². The van der Waals surface area contributed by atoms with E-state index in [9.17, 15) is 4.79 Å². The van der Waals surface area contributed by atoms with E-state index in [-0.39, 0.29) is 17.5 Å². The fourth-order valence-electron chi connectivity index (χ4n) is 1.92. The van der Waals surface area contributed by atoms with Crippen molar-refractivity contribution in [3.05, 3.63) is 24.5 Å². The van der Waals surface area contributed by atoms with Crippen LogP contribution in [0.2, 0.25) is 0 Å². The summed E-state index contributed by atoms with van der Waals surface area (Å²) in [5.74, 6) is 0.446. The third-order valence-corrected chi connectivity index (χ3v) is 2.66. The van der Waals surface area contributed by atoms with Gasteiger partial charge in [-0.15, -0.1) is 6.58 Å². The average Bonchev–Trinajstić information content (AvgIpc) is 2.09. The number of methoxy groups -OCH3 is 1. The van der Waals surface area contributed by atoms with Gasteiger partial charge in [-0.25, -0.2) is 0 Å². The molecule has 0 aromatic heterocycles. The molecule has 2 aliphatic rings. The highest BCUT2D eigenvalue weighted by Crippen LogP contribution is 2.52. The van der Waals surface area contributed by atoms with E-state index in [2.05, 4.69) is 6.58 Å². The number of allylic oxidation sites excluding steroid dienone is 1. The van der Waals surface area contributed by atoms with Gasteiger partial charge in [0.25, 0.3) is 0 Å². The molecule has 0 N–H and O–H groups in total. The SMILES string of the molecule is C=CCCC12C=C(OC)C1C(=O)O2. The molecule has 0 bridgehead atoms. The van der Waals surface area contributed by atoms with Crippen LogP contribution in [0.4, 0.5) is 0 Å². The molecule has 0 saturated carbocycles. The summed E-state index contributed by atoms with van der Waals surface area (Å²) >= 11 is 0. The van der Waals surface area contributed by atoms with Crippen molar-refractivity contribution < 1.29 is 14.3 Å². The van der Waals surface area contributed by atoms with Crippen molar-refractivity contribution in [2.75, 3.05) is 7.11 Å². The lowest BCUT2D eigenvalue weighted by molar-refractivity contribution is -0.211. The molecule has 0 spiro atoms. The lowest BCUT2D eigenvalue weighted by atomic mass is 9.68. The molecule has 0 amide bonds. The molecule has 3 nitrogen and oxygen atoms in total. The Hall–Kier alpha value is -1.25. The molecule has 70 valence electrons. The van der Waals surface area contributed by atoms with E-state index in [1.807, 2.05) is 12.2 Å². The normalized spacial score (nSPS) is 34.7. The number of carbonyl (C=O) groups is 1. The van der Waals surface area contributed by atoms with Crippen LogP contribution in [0.1, 0.15) is 12.8 Å². The van der Waals surface area contributed by atoms with Gasteiger partial charge in [-0.3, -0.25) is 4.79 Å². The van der Waals surface area contributed by atoms with Crippen LogP contribution in [0, 0.1) is 5.92 Å². The van der Waals surface area contributed by atoms with Gasteiger partial charge >= 0.3 is 5.97 Å².